The number of nitrogens with zero attached hydrogens (tertiary/aromatic N) is 2. The second-order valence-corrected chi connectivity index (χ2v) is 7.65. The average Bonchev–Trinajstić information content (AvgIpc) is 3.24. The predicted molar refractivity (Wildman–Crippen MR) is 103 cm³/mol. The zero-order valence-electron chi connectivity index (χ0n) is 14.5. The van der Waals surface area contributed by atoms with Crippen molar-refractivity contribution in [3.8, 4) is 10.8 Å². The van der Waals surface area contributed by atoms with E-state index in [1.165, 1.54) is 17.4 Å². The highest BCUT2D eigenvalue weighted by atomic mass is 79.9. The van der Waals surface area contributed by atoms with Crippen molar-refractivity contribution in [2.24, 2.45) is 0 Å². The first kappa shape index (κ1) is 18.8. The van der Waals surface area contributed by atoms with Crippen LogP contribution in [0.25, 0.3) is 10.8 Å². The number of thiazole rings is 1. The largest absolute Gasteiger partial charge is 0.459 e. The second kappa shape index (κ2) is 8.14. The van der Waals surface area contributed by atoms with Gasteiger partial charge in [0.2, 0.25) is 5.91 Å². The normalized spacial score (nSPS) is 10.9. The Morgan fingerprint density at radius 1 is 1.35 bits per heavy atom. The molecule has 0 atom stereocenters. The lowest BCUT2D eigenvalue weighted by molar-refractivity contribution is -0.130. The molecular weight excluding hydrogens is 419 g/mol. The summed E-state index contributed by atoms with van der Waals surface area (Å²) < 4.78 is 20.3. The van der Waals surface area contributed by atoms with Crippen LogP contribution in [0.5, 0.6) is 0 Å². The van der Waals surface area contributed by atoms with Crippen LogP contribution in [-0.2, 0) is 17.8 Å². The number of carbonyl (C=O) groups is 1. The van der Waals surface area contributed by atoms with Crippen LogP contribution in [0.4, 0.5) is 4.39 Å². The van der Waals surface area contributed by atoms with Crippen LogP contribution in [0.2, 0.25) is 0 Å². The van der Waals surface area contributed by atoms with E-state index in [2.05, 4.69) is 20.9 Å². The molecule has 2 aromatic heterocycles. The summed E-state index contributed by atoms with van der Waals surface area (Å²) in [4.78, 5) is 18.7. The fourth-order valence-electron chi connectivity index (χ4n) is 2.56. The smallest absolute Gasteiger partial charge is 0.228 e. The van der Waals surface area contributed by atoms with Crippen LogP contribution in [0, 0.1) is 12.7 Å². The van der Waals surface area contributed by atoms with Gasteiger partial charge in [0.15, 0.2) is 10.8 Å². The number of likely N-dealkylation sites (N-methyl/N-ethyl adjacent to an activating group) is 1. The molecule has 3 aromatic rings. The second-order valence-electron chi connectivity index (χ2n) is 5.87. The summed E-state index contributed by atoms with van der Waals surface area (Å²) in [5.41, 5.74) is 1.18. The van der Waals surface area contributed by atoms with Crippen LogP contribution >= 0.6 is 27.3 Å². The molecule has 0 N–H and O–H groups in total. The molecule has 2 heterocycles. The molecule has 0 saturated carbocycles. The van der Waals surface area contributed by atoms with Crippen molar-refractivity contribution in [2.75, 3.05) is 6.54 Å². The number of aromatic nitrogens is 1. The fraction of sp³-hybridized carbons (Fsp3) is 0.263. The summed E-state index contributed by atoms with van der Waals surface area (Å²) in [5, 5.41) is 2.61. The van der Waals surface area contributed by atoms with Gasteiger partial charge in [-0.3, -0.25) is 4.79 Å². The molecule has 1 amide bonds. The van der Waals surface area contributed by atoms with Gasteiger partial charge in [0.05, 0.1) is 12.1 Å². The van der Waals surface area contributed by atoms with Gasteiger partial charge in [-0.1, -0.05) is 15.9 Å². The van der Waals surface area contributed by atoms with Crippen LogP contribution in [-0.4, -0.2) is 22.3 Å². The molecule has 0 aliphatic heterocycles. The zero-order chi connectivity index (χ0) is 18.7. The van der Waals surface area contributed by atoms with Crippen molar-refractivity contribution < 1.29 is 13.6 Å². The minimum atomic E-state index is -0.316. The SMILES string of the molecule is CCN(Cc1cc(Br)ccc1F)C(=O)Cc1csc(-c2ccc(C)o2)n1. The molecule has 0 spiro atoms. The minimum absolute atomic E-state index is 0.0839. The summed E-state index contributed by atoms with van der Waals surface area (Å²) in [7, 11) is 0. The van der Waals surface area contributed by atoms with E-state index in [9.17, 15) is 9.18 Å². The number of halogens is 2. The quantitative estimate of drug-likeness (QED) is 0.532. The Morgan fingerprint density at radius 3 is 2.85 bits per heavy atom. The monoisotopic (exact) mass is 436 g/mol. The number of hydrogen-bond donors (Lipinski definition) is 0. The summed E-state index contributed by atoms with van der Waals surface area (Å²) in [5.74, 6) is 1.12. The van der Waals surface area contributed by atoms with Crippen molar-refractivity contribution >= 4 is 33.2 Å². The van der Waals surface area contributed by atoms with Crippen molar-refractivity contribution in [3.63, 3.8) is 0 Å². The third kappa shape index (κ3) is 4.40. The molecule has 3 rings (SSSR count). The van der Waals surface area contributed by atoms with E-state index >= 15 is 0 Å². The average molecular weight is 437 g/mol. The Balaban J connectivity index is 1.69. The fourth-order valence-corrected chi connectivity index (χ4v) is 3.75. The van der Waals surface area contributed by atoms with Gasteiger partial charge in [-0.05, 0) is 44.2 Å². The molecule has 0 saturated heterocycles. The van der Waals surface area contributed by atoms with E-state index in [-0.39, 0.29) is 24.7 Å². The highest BCUT2D eigenvalue weighted by molar-refractivity contribution is 9.10. The number of amides is 1. The van der Waals surface area contributed by atoms with Gasteiger partial charge < -0.3 is 9.32 Å². The molecule has 0 unspecified atom stereocenters. The minimum Gasteiger partial charge on any atom is -0.459 e. The van der Waals surface area contributed by atoms with E-state index < -0.39 is 0 Å². The zero-order valence-corrected chi connectivity index (χ0v) is 16.9. The molecule has 0 aliphatic carbocycles. The topological polar surface area (TPSA) is 46.3 Å². The Labute approximate surface area is 163 Å². The van der Waals surface area contributed by atoms with Crippen LogP contribution in [0.15, 0.2) is 44.6 Å². The van der Waals surface area contributed by atoms with E-state index in [4.69, 9.17) is 4.42 Å². The van der Waals surface area contributed by atoms with Gasteiger partial charge in [0, 0.05) is 28.5 Å². The van der Waals surface area contributed by atoms with Crippen molar-refractivity contribution in [2.45, 2.75) is 26.8 Å². The number of aryl methyl sites for hydroxylation is 1. The van der Waals surface area contributed by atoms with Gasteiger partial charge in [-0.2, -0.15) is 0 Å². The molecule has 136 valence electrons. The third-order valence-corrected chi connectivity index (χ3v) is 5.34. The first-order valence-electron chi connectivity index (χ1n) is 8.19. The summed E-state index contributed by atoms with van der Waals surface area (Å²) in [6.45, 7) is 4.49. The van der Waals surface area contributed by atoms with Gasteiger partial charge in [-0.25, -0.2) is 9.37 Å². The lowest BCUT2D eigenvalue weighted by atomic mass is 10.2. The molecule has 7 heteroatoms. The number of hydrogen-bond acceptors (Lipinski definition) is 4. The number of rotatable bonds is 6. The highest BCUT2D eigenvalue weighted by Crippen LogP contribution is 2.26. The van der Waals surface area contributed by atoms with E-state index in [1.54, 1.807) is 17.0 Å². The lowest BCUT2D eigenvalue weighted by Gasteiger charge is -2.21. The Kier molecular flexibility index (Phi) is 5.88. The predicted octanol–water partition coefficient (Wildman–Crippen LogP) is 5.20. The molecule has 4 nitrogen and oxygen atoms in total. The first-order valence-corrected chi connectivity index (χ1v) is 9.86. The third-order valence-electron chi connectivity index (χ3n) is 3.94. The number of carbonyl (C=O) groups excluding carboxylic acids is 1. The molecular formula is C19H18BrFN2O2S. The highest BCUT2D eigenvalue weighted by Gasteiger charge is 2.17. The Morgan fingerprint density at radius 2 is 2.15 bits per heavy atom. The molecule has 1 aromatic carbocycles. The maximum Gasteiger partial charge on any atom is 0.228 e. The van der Waals surface area contributed by atoms with E-state index in [1.807, 2.05) is 31.4 Å². The Hall–Kier alpha value is -1.99. The molecule has 0 aliphatic rings. The van der Waals surface area contributed by atoms with Gasteiger partial charge in [0.25, 0.3) is 0 Å². The Bertz CT molecular complexity index is 922. The molecule has 26 heavy (non-hydrogen) atoms. The molecule has 0 radical (unpaired) electrons. The summed E-state index contributed by atoms with van der Waals surface area (Å²) >= 11 is 4.78. The van der Waals surface area contributed by atoms with Gasteiger partial charge in [0.1, 0.15) is 11.6 Å². The molecule has 0 bridgehead atoms. The molecule has 0 fully saturated rings. The van der Waals surface area contributed by atoms with Gasteiger partial charge in [-0.15, -0.1) is 11.3 Å². The maximum absolute atomic E-state index is 14.0. The summed E-state index contributed by atoms with van der Waals surface area (Å²) in [6, 6.07) is 8.49. The lowest BCUT2D eigenvalue weighted by Crippen LogP contribution is -2.32. The van der Waals surface area contributed by atoms with E-state index in [0.29, 0.717) is 23.6 Å². The maximum atomic E-state index is 14.0. The summed E-state index contributed by atoms with van der Waals surface area (Å²) in [6.07, 6.45) is 0.180. The number of furan rings is 1. The van der Waals surface area contributed by atoms with Crippen LogP contribution in [0.3, 0.4) is 0 Å². The van der Waals surface area contributed by atoms with Crippen LogP contribution < -0.4 is 0 Å². The van der Waals surface area contributed by atoms with Crippen LogP contribution in [0.1, 0.15) is 23.9 Å². The van der Waals surface area contributed by atoms with E-state index in [0.717, 1.165) is 15.2 Å². The van der Waals surface area contributed by atoms with Crippen molar-refractivity contribution in [1.29, 1.82) is 0 Å². The number of benzene rings is 1. The van der Waals surface area contributed by atoms with Gasteiger partial charge >= 0.3 is 0 Å². The standard InChI is InChI=1S/C19H18BrFN2O2S/c1-3-23(10-13-8-14(20)5-6-16(13)21)18(24)9-15-11-26-19(22-15)17-7-4-12(2)25-17/h4-8,11H,3,9-10H2,1-2H3. The van der Waals surface area contributed by atoms with Crippen molar-refractivity contribution in [3.05, 3.63) is 63.0 Å². The first-order chi connectivity index (χ1) is 12.5. The van der Waals surface area contributed by atoms with Crippen molar-refractivity contribution in [1.82, 2.24) is 9.88 Å².